The van der Waals surface area contributed by atoms with Crippen LogP contribution >= 0.6 is 11.6 Å². The van der Waals surface area contributed by atoms with Crippen molar-refractivity contribution in [2.24, 2.45) is 5.73 Å². The van der Waals surface area contributed by atoms with Crippen molar-refractivity contribution < 1.29 is 4.39 Å². The lowest BCUT2D eigenvalue weighted by Gasteiger charge is -2.16. The molecule has 2 N–H and O–H groups in total. The van der Waals surface area contributed by atoms with E-state index in [9.17, 15) is 4.39 Å². The maximum atomic E-state index is 13.6. The molecule has 0 unspecified atom stereocenters. The molecule has 1 aliphatic rings. The molecular weight excluding hydrogens is 251 g/mol. The van der Waals surface area contributed by atoms with Crippen LogP contribution < -0.4 is 5.73 Å². The average Bonchev–Trinajstić information content (AvgIpc) is 2.92. The molecule has 1 aliphatic carbocycles. The SMILES string of the molecule is CC[C@@H](N)n1c2c(c3c(Cl)c(F)ccc31)CCC2. The number of hydrogen-bond donors (Lipinski definition) is 1. The van der Waals surface area contributed by atoms with E-state index in [0.29, 0.717) is 0 Å². The maximum Gasteiger partial charge on any atom is 0.142 e. The summed E-state index contributed by atoms with van der Waals surface area (Å²) in [6.07, 6.45) is 3.87. The van der Waals surface area contributed by atoms with Gasteiger partial charge in [0, 0.05) is 11.1 Å². The predicted molar refractivity (Wildman–Crippen MR) is 72.4 cm³/mol. The smallest absolute Gasteiger partial charge is 0.142 e. The minimum atomic E-state index is -0.346. The van der Waals surface area contributed by atoms with E-state index in [0.717, 1.165) is 36.6 Å². The Morgan fingerprint density at radius 2 is 2.22 bits per heavy atom. The number of rotatable bonds is 2. The summed E-state index contributed by atoms with van der Waals surface area (Å²) >= 11 is 6.14. The van der Waals surface area contributed by atoms with E-state index >= 15 is 0 Å². The van der Waals surface area contributed by atoms with Gasteiger partial charge in [0.05, 0.1) is 16.7 Å². The number of aromatic nitrogens is 1. The van der Waals surface area contributed by atoms with Crippen molar-refractivity contribution in [1.82, 2.24) is 4.57 Å². The molecule has 0 radical (unpaired) electrons. The topological polar surface area (TPSA) is 30.9 Å². The highest BCUT2D eigenvalue weighted by molar-refractivity contribution is 6.36. The molecule has 0 saturated carbocycles. The van der Waals surface area contributed by atoms with Crippen molar-refractivity contribution in [2.45, 2.75) is 38.8 Å². The highest BCUT2D eigenvalue weighted by Crippen LogP contribution is 2.39. The summed E-state index contributed by atoms with van der Waals surface area (Å²) in [7, 11) is 0. The second kappa shape index (κ2) is 4.25. The Morgan fingerprint density at radius 1 is 1.44 bits per heavy atom. The van der Waals surface area contributed by atoms with Crippen LogP contribution in [-0.2, 0) is 12.8 Å². The van der Waals surface area contributed by atoms with E-state index in [4.69, 9.17) is 17.3 Å². The molecule has 1 atom stereocenters. The zero-order valence-electron chi connectivity index (χ0n) is 10.3. The Morgan fingerprint density at radius 3 is 2.94 bits per heavy atom. The molecule has 1 aromatic carbocycles. The van der Waals surface area contributed by atoms with Crippen LogP contribution in [0.25, 0.3) is 10.9 Å². The highest BCUT2D eigenvalue weighted by Gasteiger charge is 2.25. The Balaban J connectivity index is 2.40. The highest BCUT2D eigenvalue weighted by atomic mass is 35.5. The molecule has 2 aromatic rings. The molecule has 4 heteroatoms. The van der Waals surface area contributed by atoms with Gasteiger partial charge in [-0.3, -0.25) is 0 Å². The summed E-state index contributed by atoms with van der Waals surface area (Å²) < 4.78 is 15.8. The summed E-state index contributed by atoms with van der Waals surface area (Å²) in [5.41, 5.74) is 9.60. The fourth-order valence-corrected chi connectivity index (χ4v) is 3.27. The normalized spacial score (nSPS) is 16.2. The standard InChI is InChI=1S/C14H16ClFN2/c1-2-12(17)18-10-5-3-4-8(10)13-11(18)7-6-9(16)14(13)15/h6-7,12H,2-5,17H2,1H3/t12-/m0/s1. The summed E-state index contributed by atoms with van der Waals surface area (Å²) in [4.78, 5) is 0. The van der Waals surface area contributed by atoms with Crippen LogP contribution in [0.5, 0.6) is 0 Å². The third-order valence-corrected chi connectivity index (χ3v) is 4.23. The van der Waals surface area contributed by atoms with E-state index < -0.39 is 0 Å². The third-order valence-electron chi connectivity index (χ3n) is 3.86. The van der Waals surface area contributed by atoms with Gasteiger partial charge in [-0.25, -0.2) is 4.39 Å². The first-order chi connectivity index (χ1) is 8.65. The lowest BCUT2D eigenvalue weighted by molar-refractivity contribution is 0.506. The number of hydrogen-bond acceptors (Lipinski definition) is 1. The van der Waals surface area contributed by atoms with E-state index in [-0.39, 0.29) is 17.0 Å². The van der Waals surface area contributed by atoms with Crippen LogP contribution in [0.3, 0.4) is 0 Å². The Hall–Kier alpha value is -1.06. The van der Waals surface area contributed by atoms with Crippen molar-refractivity contribution in [3.63, 3.8) is 0 Å². The van der Waals surface area contributed by atoms with Gasteiger partial charge in [0.25, 0.3) is 0 Å². The first kappa shape index (κ1) is 12.0. The van der Waals surface area contributed by atoms with Gasteiger partial charge < -0.3 is 10.3 Å². The second-order valence-corrected chi connectivity index (χ2v) is 5.26. The maximum absolute atomic E-state index is 13.6. The molecule has 0 amide bonds. The largest absolute Gasteiger partial charge is 0.328 e. The molecular formula is C14H16ClFN2. The number of halogens is 2. The lowest BCUT2D eigenvalue weighted by atomic mass is 10.1. The second-order valence-electron chi connectivity index (χ2n) is 4.88. The van der Waals surface area contributed by atoms with Crippen molar-refractivity contribution in [1.29, 1.82) is 0 Å². The quantitative estimate of drug-likeness (QED) is 0.881. The molecule has 0 fully saturated rings. The number of nitrogens with two attached hydrogens (primary N) is 1. The summed E-state index contributed by atoms with van der Waals surface area (Å²) in [5, 5.41) is 1.11. The van der Waals surface area contributed by atoms with Gasteiger partial charge in [0.2, 0.25) is 0 Å². The van der Waals surface area contributed by atoms with Crippen molar-refractivity contribution >= 4 is 22.5 Å². The van der Waals surface area contributed by atoms with Crippen molar-refractivity contribution in [3.8, 4) is 0 Å². The monoisotopic (exact) mass is 266 g/mol. The van der Waals surface area contributed by atoms with Gasteiger partial charge in [0.15, 0.2) is 0 Å². The van der Waals surface area contributed by atoms with Crippen LogP contribution in [-0.4, -0.2) is 4.57 Å². The molecule has 0 aliphatic heterocycles. The number of aryl methyl sites for hydroxylation is 1. The van der Waals surface area contributed by atoms with Gasteiger partial charge in [-0.05, 0) is 43.4 Å². The van der Waals surface area contributed by atoms with E-state index in [1.807, 2.05) is 0 Å². The Kier molecular flexibility index (Phi) is 2.83. The summed E-state index contributed by atoms with van der Waals surface area (Å²) in [5.74, 6) is -0.346. The van der Waals surface area contributed by atoms with E-state index in [2.05, 4.69) is 11.5 Å². The minimum absolute atomic E-state index is 0.0594. The van der Waals surface area contributed by atoms with Gasteiger partial charge in [-0.1, -0.05) is 18.5 Å². The van der Waals surface area contributed by atoms with Crippen molar-refractivity contribution in [3.05, 3.63) is 34.2 Å². The number of nitrogens with zero attached hydrogens (tertiary/aromatic N) is 1. The fraction of sp³-hybridized carbons (Fsp3) is 0.429. The van der Waals surface area contributed by atoms with E-state index in [1.54, 1.807) is 6.07 Å². The Labute approximate surface area is 111 Å². The van der Waals surface area contributed by atoms with Crippen LogP contribution in [0.2, 0.25) is 5.02 Å². The van der Waals surface area contributed by atoms with Crippen LogP contribution in [0.15, 0.2) is 12.1 Å². The average molecular weight is 267 g/mol. The molecule has 3 rings (SSSR count). The summed E-state index contributed by atoms with van der Waals surface area (Å²) in [6.45, 7) is 2.06. The molecule has 0 bridgehead atoms. The first-order valence-electron chi connectivity index (χ1n) is 6.40. The van der Waals surface area contributed by atoms with Gasteiger partial charge in [-0.15, -0.1) is 0 Å². The molecule has 0 saturated heterocycles. The van der Waals surface area contributed by atoms with Crippen LogP contribution in [0.1, 0.15) is 37.2 Å². The molecule has 1 heterocycles. The molecule has 0 spiro atoms. The van der Waals surface area contributed by atoms with E-state index in [1.165, 1.54) is 17.3 Å². The van der Waals surface area contributed by atoms with Gasteiger partial charge in [0.1, 0.15) is 5.82 Å². The molecule has 18 heavy (non-hydrogen) atoms. The first-order valence-corrected chi connectivity index (χ1v) is 6.78. The minimum Gasteiger partial charge on any atom is -0.328 e. The van der Waals surface area contributed by atoms with Crippen LogP contribution in [0.4, 0.5) is 4.39 Å². The molecule has 1 aromatic heterocycles. The molecule has 2 nitrogen and oxygen atoms in total. The van der Waals surface area contributed by atoms with Gasteiger partial charge >= 0.3 is 0 Å². The summed E-state index contributed by atoms with van der Waals surface area (Å²) in [6, 6.07) is 3.23. The lowest BCUT2D eigenvalue weighted by Crippen LogP contribution is -2.19. The van der Waals surface area contributed by atoms with Gasteiger partial charge in [-0.2, -0.15) is 0 Å². The number of benzene rings is 1. The fourth-order valence-electron chi connectivity index (χ4n) is 3.00. The van der Waals surface area contributed by atoms with Crippen LogP contribution in [0, 0.1) is 5.82 Å². The van der Waals surface area contributed by atoms with Crippen molar-refractivity contribution in [2.75, 3.05) is 0 Å². The zero-order valence-corrected chi connectivity index (χ0v) is 11.1. The third kappa shape index (κ3) is 1.50. The molecule has 96 valence electrons. The number of fused-ring (bicyclic) bond motifs is 3. The Bertz CT molecular complexity index is 618. The predicted octanol–water partition coefficient (Wildman–Crippen LogP) is 3.79. The zero-order chi connectivity index (χ0) is 12.9.